The topological polar surface area (TPSA) is 56.2 Å². The molecule has 0 aliphatic heterocycles. The summed E-state index contributed by atoms with van der Waals surface area (Å²) in [6.07, 6.45) is 1.09. The summed E-state index contributed by atoms with van der Waals surface area (Å²) in [4.78, 5) is 12.4. The summed E-state index contributed by atoms with van der Waals surface area (Å²) in [7, 11) is 1.65. The van der Waals surface area contributed by atoms with E-state index in [4.69, 9.17) is 4.74 Å². The van der Waals surface area contributed by atoms with Gasteiger partial charge >= 0.3 is 0 Å². The highest BCUT2D eigenvalue weighted by Crippen LogP contribution is 2.22. The molecule has 1 N–H and O–H groups in total. The molecule has 3 rings (SSSR count). The van der Waals surface area contributed by atoms with Crippen LogP contribution in [-0.2, 0) is 11.2 Å². The zero-order chi connectivity index (χ0) is 20.1. The van der Waals surface area contributed by atoms with Crippen molar-refractivity contribution in [3.8, 4) is 11.4 Å². The number of hydrogen-bond donors (Lipinski definition) is 1. The third kappa shape index (κ3) is 4.42. The van der Waals surface area contributed by atoms with Crippen LogP contribution in [0.1, 0.15) is 41.9 Å². The van der Waals surface area contributed by atoms with E-state index in [1.165, 1.54) is 0 Å². The molecule has 1 aromatic heterocycles. The van der Waals surface area contributed by atoms with Crippen LogP contribution in [0.5, 0.6) is 5.75 Å². The maximum atomic E-state index is 12.4. The maximum absolute atomic E-state index is 12.4. The van der Waals surface area contributed by atoms with Gasteiger partial charge in [-0.1, -0.05) is 36.4 Å². The molecular formula is C23H27N3O2. The Labute approximate surface area is 166 Å². The van der Waals surface area contributed by atoms with E-state index < -0.39 is 0 Å². The van der Waals surface area contributed by atoms with E-state index in [1.54, 1.807) is 7.11 Å². The molecule has 0 fully saturated rings. The van der Waals surface area contributed by atoms with Crippen molar-refractivity contribution in [3.05, 3.63) is 77.1 Å². The lowest BCUT2D eigenvalue weighted by atomic mass is 10.1. The Bertz CT molecular complexity index is 948. The van der Waals surface area contributed by atoms with Crippen molar-refractivity contribution in [2.45, 2.75) is 39.7 Å². The predicted molar refractivity (Wildman–Crippen MR) is 111 cm³/mol. The van der Waals surface area contributed by atoms with Crippen molar-refractivity contribution < 1.29 is 9.53 Å². The van der Waals surface area contributed by atoms with Gasteiger partial charge in [0.05, 0.1) is 24.5 Å². The normalized spacial score (nSPS) is 11.9. The van der Waals surface area contributed by atoms with Gasteiger partial charge in [0.25, 0.3) is 0 Å². The van der Waals surface area contributed by atoms with Gasteiger partial charge in [-0.15, -0.1) is 0 Å². The SMILES string of the molecule is COc1cccc(-n2nc(C)c(CCC(=O)N[C@H](C)c3ccccc3)c2C)c1. The molecule has 0 bridgehead atoms. The molecule has 0 unspecified atom stereocenters. The van der Waals surface area contributed by atoms with Gasteiger partial charge in [0.15, 0.2) is 0 Å². The molecule has 28 heavy (non-hydrogen) atoms. The first kappa shape index (κ1) is 19.7. The van der Waals surface area contributed by atoms with Crippen LogP contribution in [0.4, 0.5) is 0 Å². The highest BCUT2D eigenvalue weighted by molar-refractivity contribution is 5.76. The van der Waals surface area contributed by atoms with Gasteiger partial charge in [-0.05, 0) is 50.5 Å². The lowest BCUT2D eigenvalue weighted by Crippen LogP contribution is -2.26. The molecule has 5 heteroatoms. The van der Waals surface area contributed by atoms with E-state index in [9.17, 15) is 4.79 Å². The Morgan fingerprint density at radius 2 is 1.89 bits per heavy atom. The fourth-order valence-electron chi connectivity index (χ4n) is 3.41. The van der Waals surface area contributed by atoms with Crippen molar-refractivity contribution in [1.82, 2.24) is 15.1 Å². The van der Waals surface area contributed by atoms with Gasteiger partial charge in [-0.3, -0.25) is 4.79 Å². The first-order valence-electron chi connectivity index (χ1n) is 9.53. The third-order valence-electron chi connectivity index (χ3n) is 5.02. The smallest absolute Gasteiger partial charge is 0.220 e. The van der Waals surface area contributed by atoms with Crippen LogP contribution in [0, 0.1) is 13.8 Å². The van der Waals surface area contributed by atoms with E-state index >= 15 is 0 Å². The van der Waals surface area contributed by atoms with Gasteiger partial charge < -0.3 is 10.1 Å². The molecular weight excluding hydrogens is 350 g/mol. The van der Waals surface area contributed by atoms with E-state index in [0.29, 0.717) is 12.8 Å². The highest BCUT2D eigenvalue weighted by Gasteiger charge is 2.15. The number of benzene rings is 2. The average molecular weight is 377 g/mol. The molecule has 0 spiro atoms. The Kier molecular flexibility index (Phi) is 6.14. The number of nitrogens with zero attached hydrogens (tertiary/aromatic N) is 2. The number of aryl methyl sites for hydroxylation is 1. The van der Waals surface area contributed by atoms with Crippen LogP contribution >= 0.6 is 0 Å². The number of methoxy groups -OCH3 is 1. The number of ether oxygens (including phenoxy) is 1. The average Bonchev–Trinajstić information content (AvgIpc) is 3.00. The van der Waals surface area contributed by atoms with Crippen LogP contribution in [0.15, 0.2) is 54.6 Å². The molecule has 2 aromatic carbocycles. The second-order valence-electron chi connectivity index (χ2n) is 6.96. The second kappa shape index (κ2) is 8.74. The maximum Gasteiger partial charge on any atom is 0.220 e. The van der Waals surface area contributed by atoms with Crippen molar-refractivity contribution in [3.63, 3.8) is 0 Å². The largest absolute Gasteiger partial charge is 0.497 e. The molecule has 1 heterocycles. The minimum atomic E-state index is -0.00426. The summed E-state index contributed by atoms with van der Waals surface area (Å²) in [6.45, 7) is 6.04. The van der Waals surface area contributed by atoms with E-state index in [1.807, 2.05) is 80.1 Å². The molecule has 146 valence electrons. The molecule has 0 aliphatic rings. The Morgan fingerprint density at radius 1 is 1.14 bits per heavy atom. The van der Waals surface area contributed by atoms with Crippen molar-refractivity contribution in [2.24, 2.45) is 0 Å². The van der Waals surface area contributed by atoms with Crippen LogP contribution < -0.4 is 10.1 Å². The van der Waals surface area contributed by atoms with Crippen molar-refractivity contribution in [2.75, 3.05) is 7.11 Å². The highest BCUT2D eigenvalue weighted by atomic mass is 16.5. The molecule has 0 aliphatic carbocycles. The predicted octanol–water partition coefficient (Wildman–Crippen LogP) is 4.31. The molecule has 1 amide bonds. The first-order valence-corrected chi connectivity index (χ1v) is 9.53. The van der Waals surface area contributed by atoms with Crippen LogP contribution in [0.3, 0.4) is 0 Å². The molecule has 5 nitrogen and oxygen atoms in total. The molecule has 1 atom stereocenters. The Morgan fingerprint density at radius 3 is 2.61 bits per heavy atom. The van der Waals surface area contributed by atoms with Crippen molar-refractivity contribution in [1.29, 1.82) is 0 Å². The van der Waals surface area contributed by atoms with E-state index in [2.05, 4.69) is 10.4 Å². The fourth-order valence-corrected chi connectivity index (χ4v) is 3.41. The van der Waals surface area contributed by atoms with E-state index in [-0.39, 0.29) is 11.9 Å². The quantitative estimate of drug-likeness (QED) is 0.668. The molecule has 0 saturated heterocycles. The number of aromatic nitrogens is 2. The number of amides is 1. The van der Waals surface area contributed by atoms with Gasteiger partial charge in [0.1, 0.15) is 5.75 Å². The molecule has 3 aromatic rings. The summed E-state index contributed by atoms with van der Waals surface area (Å²) >= 11 is 0. The summed E-state index contributed by atoms with van der Waals surface area (Å²) < 4.78 is 7.23. The van der Waals surface area contributed by atoms with Gasteiger partial charge in [0.2, 0.25) is 5.91 Å². The summed E-state index contributed by atoms with van der Waals surface area (Å²) in [5.74, 6) is 0.838. The number of rotatable bonds is 7. The van der Waals surface area contributed by atoms with Crippen LogP contribution in [0.25, 0.3) is 5.69 Å². The monoisotopic (exact) mass is 377 g/mol. The number of hydrogen-bond acceptors (Lipinski definition) is 3. The first-order chi connectivity index (χ1) is 13.5. The number of nitrogens with one attached hydrogen (secondary N) is 1. The summed E-state index contributed by atoms with van der Waals surface area (Å²) in [5.41, 5.74) is 5.17. The third-order valence-corrected chi connectivity index (χ3v) is 5.02. The molecule has 0 radical (unpaired) electrons. The van der Waals surface area contributed by atoms with Gasteiger partial charge in [-0.2, -0.15) is 5.10 Å². The minimum Gasteiger partial charge on any atom is -0.497 e. The van der Waals surface area contributed by atoms with E-state index in [0.717, 1.165) is 34.0 Å². The zero-order valence-electron chi connectivity index (χ0n) is 16.9. The number of carbonyl (C=O) groups is 1. The Balaban J connectivity index is 1.68. The fraction of sp³-hybridized carbons (Fsp3) is 0.304. The summed E-state index contributed by atoms with van der Waals surface area (Å²) in [5, 5.41) is 7.75. The van der Waals surface area contributed by atoms with Gasteiger partial charge in [-0.25, -0.2) is 4.68 Å². The second-order valence-corrected chi connectivity index (χ2v) is 6.96. The lowest BCUT2D eigenvalue weighted by molar-refractivity contribution is -0.121. The molecule has 0 saturated carbocycles. The van der Waals surface area contributed by atoms with Crippen LogP contribution in [0.2, 0.25) is 0 Å². The lowest BCUT2D eigenvalue weighted by Gasteiger charge is -2.14. The zero-order valence-corrected chi connectivity index (χ0v) is 16.9. The van der Waals surface area contributed by atoms with Gasteiger partial charge in [0, 0.05) is 18.2 Å². The standard InChI is InChI=1S/C23H27N3O2/c1-16(19-9-6-5-7-10-19)24-23(27)14-13-22-17(2)25-26(18(22)3)20-11-8-12-21(15-20)28-4/h5-12,15-16H,13-14H2,1-4H3,(H,24,27)/t16-/m1/s1. The summed E-state index contributed by atoms with van der Waals surface area (Å²) in [6, 6.07) is 17.8. The van der Waals surface area contributed by atoms with Crippen LogP contribution in [-0.4, -0.2) is 22.8 Å². The Hall–Kier alpha value is -3.08. The van der Waals surface area contributed by atoms with Crippen molar-refractivity contribution >= 4 is 5.91 Å². The minimum absolute atomic E-state index is 0.00426. The number of carbonyl (C=O) groups excluding carboxylic acids is 1.